The molecular weight excluding hydrogens is 250 g/mol. The number of para-hydroxylation sites is 1. The standard InChI is InChI=1S/C15H21N5/c1-19-12-9-18-15(19)8-11-20(10-7-14(16)17)13-5-3-2-4-6-13/h2-6,9,12H,7-8,10-11H2,1H3,(H3,16,17). The number of hydrogen-bond acceptors (Lipinski definition) is 3. The van der Waals surface area contributed by atoms with Gasteiger partial charge < -0.3 is 15.2 Å². The van der Waals surface area contributed by atoms with E-state index >= 15 is 0 Å². The van der Waals surface area contributed by atoms with Gasteiger partial charge in [-0.3, -0.25) is 5.41 Å². The molecule has 0 atom stereocenters. The average molecular weight is 271 g/mol. The molecule has 0 fully saturated rings. The van der Waals surface area contributed by atoms with E-state index in [1.807, 2.05) is 42.2 Å². The highest BCUT2D eigenvalue weighted by molar-refractivity contribution is 5.77. The van der Waals surface area contributed by atoms with E-state index in [0.29, 0.717) is 6.42 Å². The Balaban J connectivity index is 2.03. The van der Waals surface area contributed by atoms with Gasteiger partial charge in [-0.25, -0.2) is 4.98 Å². The van der Waals surface area contributed by atoms with Crippen LogP contribution in [0, 0.1) is 5.41 Å². The summed E-state index contributed by atoms with van der Waals surface area (Å²) in [6.07, 6.45) is 5.22. The quantitative estimate of drug-likeness (QED) is 0.596. The highest BCUT2D eigenvalue weighted by Gasteiger charge is 2.08. The largest absolute Gasteiger partial charge is 0.388 e. The van der Waals surface area contributed by atoms with E-state index in [9.17, 15) is 0 Å². The fraction of sp³-hybridized carbons (Fsp3) is 0.333. The van der Waals surface area contributed by atoms with E-state index in [2.05, 4.69) is 22.0 Å². The Bertz CT molecular complexity index is 546. The maximum Gasteiger partial charge on any atom is 0.110 e. The van der Waals surface area contributed by atoms with E-state index in [-0.39, 0.29) is 5.84 Å². The molecule has 106 valence electrons. The smallest absolute Gasteiger partial charge is 0.110 e. The van der Waals surface area contributed by atoms with Crippen molar-refractivity contribution in [3.05, 3.63) is 48.5 Å². The minimum Gasteiger partial charge on any atom is -0.388 e. The van der Waals surface area contributed by atoms with Crippen LogP contribution in [0.1, 0.15) is 12.2 Å². The lowest BCUT2D eigenvalue weighted by atomic mass is 10.2. The van der Waals surface area contributed by atoms with Crippen molar-refractivity contribution in [1.82, 2.24) is 9.55 Å². The van der Waals surface area contributed by atoms with E-state index in [0.717, 1.165) is 31.0 Å². The van der Waals surface area contributed by atoms with Gasteiger partial charge in [-0.05, 0) is 12.1 Å². The zero-order valence-corrected chi connectivity index (χ0v) is 11.8. The highest BCUT2D eigenvalue weighted by atomic mass is 15.1. The fourth-order valence-corrected chi connectivity index (χ4v) is 2.14. The number of benzene rings is 1. The molecule has 0 saturated carbocycles. The van der Waals surface area contributed by atoms with Gasteiger partial charge in [0.1, 0.15) is 5.82 Å². The summed E-state index contributed by atoms with van der Waals surface area (Å²) in [4.78, 5) is 6.59. The molecule has 0 spiro atoms. The van der Waals surface area contributed by atoms with Crippen LogP contribution in [0.3, 0.4) is 0 Å². The lowest BCUT2D eigenvalue weighted by Crippen LogP contribution is -2.30. The van der Waals surface area contributed by atoms with Crippen LogP contribution in [0.4, 0.5) is 5.69 Å². The molecule has 5 heteroatoms. The number of aromatic nitrogens is 2. The molecule has 0 aliphatic heterocycles. The predicted octanol–water partition coefficient (Wildman–Crippen LogP) is 1.80. The molecule has 0 saturated heterocycles. The zero-order valence-electron chi connectivity index (χ0n) is 11.8. The van der Waals surface area contributed by atoms with Crippen molar-refractivity contribution in [3.63, 3.8) is 0 Å². The minimum absolute atomic E-state index is 0.225. The number of nitrogens with zero attached hydrogens (tertiary/aromatic N) is 3. The van der Waals surface area contributed by atoms with Crippen LogP contribution in [-0.4, -0.2) is 28.5 Å². The van der Waals surface area contributed by atoms with Crippen LogP contribution in [0.25, 0.3) is 0 Å². The minimum atomic E-state index is 0.225. The van der Waals surface area contributed by atoms with Crippen LogP contribution in [0.15, 0.2) is 42.7 Å². The lowest BCUT2D eigenvalue weighted by Gasteiger charge is -2.24. The van der Waals surface area contributed by atoms with Crippen LogP contribution in [0.5, 0.6) is 0 Å². The van der Waals surface area contributed by atoms with Crippen molar-refractivity contribution in [2.45, 2.75) is 12.8 Å². The maximum atomic E-state index is 7.39. The molecule has 1 heterocycles. The third-order valence-electron chi connectivity index (χ3n) is 3.30. The Morgan fingerprint density at radius 2 is 2.05 bits per heavy atom. The molecule has 0 unspecified atom stereocenters. The van der Waals surface area contributed by atoms with Gasteiger partial charge in [0, 0.05) is 51.1 Å². The van der Waals surface area contributed by atoms with E-state index < -0.39 is 0 Å². The molecule has 5 nitrogen and oxygen atoms in total. The number of imidazole rings is 1. The van der Waals surface area contributed by atoms with E-state index in [4.69, 9.17) is 11.1 Å². The topological polar surface area (TPSA) is 70.9 Å². The Labute approximate surface area is 119 Å². The maximum absolute atomic E-state index is 7.39. The molecule has 20 heavy (non-hydrogen) atoms. The first-order valence-electron chi connectivity index (χ1n) is 6.76. The predicted molar refractivity (Wildman–Crippen MR) is 82.1 cm³/mol. The highest BCUT2D eigenvalue weighted by Crippen LogP contribution is 2.14. The van der Waals surface area contributed by atoms with Gasteiger partial charge in [0.15, 0.2) is 0 Å². The number of anilines is 1. The van der Waals surface area contributed by atoms with Gasteiger partial charge in [0.05, 0.1) is 5.84 Å². The summed E-state index contributed by atoms with van der Waals surface area (Å²) in [6, 6.07) is 10.2. The Kier molecular flexibility index (Phi) is 4.76. The number of nitrogens with one attached hydrogen (secondary N) is 1. The molecule has 0 aliphatic rings. The number of aryl methyl sites for hydroxylation is 1. The molecule has 0 bridgehead atoms. The van der Waals surface area contributed by atoms with Crippen molar-refractivity contribution < 1.29 is 0 Å². The van der Waals surface area contributed by atoms with Gasteiger partial charge in [-0.1, -0.05) is 18.2 Å². The average Bonchev–Trinajstić information content (AvgIpc) is 2.85. The lowest BCUT2D eigenvalue weighted by molar-refractivity contribution is 0.724. The van der Waals surface area contributed by atoms with Gasteiger partial charge >= 0.3 is 0 Å². The van der Waals surface area contributed by atoms with Crippen LogP contribution in [-0.2, 0) is 13.5 Å². The number of rotatable bonds is 7. The Morgan fingerprint density at radius 1 is 1.30 bits per heavy atom. The summed E-state index contributed by atoms with van der Waals surface area (Å²) in [5, 5.41) is 7.39. The van der Waals surface area contributed by atoms with E-state index in [1.165, 1.54) is 0 Å². The molecule has 1 aromatic carbocycles. The summed E-state index contributed by atoms with van der Waals surface area (Å²) >= 11 is 0. The Hall–Kier alpha value is -2.30. The summed E-state index contributed by atoms with van der Waals surface area (Å²) < 4.78 is 2.04. The molecule has 3 N–H and O–H groups in total. The Morgan fingerprint density at radius 3 is 2.65 bits per heavy atom. The first kappa shape index (κ1) is 14.1. The molecule has 0 radical (unpaired) electrons. The van der Waals surface area contributed by atoms with Gasteiger partial charge in [-0.15, -0.1) is 0 Å². The summed E-state index contributed by atoms with van der Waals surface area (Å²) in [7, 11) is 2.00. The van der Waals surface area contributed by atoms with Crippen molar-refractivity contribution in [2.75, 3.05) is 18.0 Å². The first-order chi connectivity index (χ1) is 9.66. The molecular formula is C15H21N5. The summed E-state index contributed by atoms with van der Waals surface area (Å²) in [6.45, 7) is 1.62. The van der Waals surface area contributed by atoms with Crippen molar-refractivity contribution in [3.8, 4) is 0 Å². The SMILES string of the molecule is Cn1ccnc1CCN(CCC(=N)N)c1ccccc1. The van der Waals surface area contributed by atoms with Gasteiger partial charge in [-0.2, -0.15) is 0 Å². The van der Waals surface area contributed by atoms with Crippen molar-refractivity contribution in [1.29, 1.82) is 5.41 Å². The monoisotopic (exact) mass is 271 g/mol. The second-order valence-electron chi connectivity index (χ2n) is 4.80. The number of nitrogens with two attached hydrogens (primary N) is 1. The molecule has 0 amide bonds. The normalized spacial score (nSPS) is 10.4. The fourth-order valence-electron chi connectivity index (χ4n) is 2.14. The molecule has 1 aromatic heterocycles. The summed E-state index contributed by atoms with van der Waals surface area (Å²) in [5.41, 5.74) is 6.63. The molecule has 0 aliphatic carbocycles. The second-order valence-corrected chi connectivity index (χ2v) is 4.80. The zero-order chi connectivity index (χ0) is 14.4. The second kappa shape index (κ2) is 6.75. The van der Waals surface area contributed by atoms with Gasteiger partial charge in [0.25, 0.3) is 0 Å². The summed E-state index contributed by atoms with van der Waals surface area (Å²) in [5.74, 6) is 1.29. The molecule has 2 aromatic rings. The number of hydrogen-bond donors (Lipinski definition) is 2. The van der Waals surface area contributed by atoms with Crippen LogP contribution < -0.4 is 10.6 Å². The van der Waals surface area contributed by atoms with Crippen LogP contribution >= 0.6 is 0 Å². The third-order valence-corrected chi connectivity index (χ3v) is 3.30. The third kappa shape index (κ3) is 3.85. The van der Waals surface area contributed by atoms with Crippen LogP contribution in [0.2, 0.25) is 0 Å². The van der Waals surface area contributed by atoms with Crippen molar-refractivity contribution in [2.24, 2.45) is 12.8 Å². The van der Waals surface area contributed by atoms with E-state index in [1.54, 1.807) is 0 Å². The van der Waals surface area contributed by atoms with Crippen molar-refractivity contribution >= 4 is 11.5 Å². The first-order valence-corrected chi connectivity index (χ1v) is 6.76. The number of amidine groups is 1. The van der Waals surface area contributed by atoms with Gasteiger partial charge in [0.2, 0.25) is 0 Å². The molecule has 2 rings (SSSR count).